The third kappa shape index (κ3) is 4.34. The molecular formula is C24H28N2O3. The highest BCUT2D eigenvalue weighted by atomic mass is 16.5. The molecule has 3 amide bonds. The minimum absolute atomic E-state index is 0.248. The van der Waals surface area contributed by atoms with Crippen LogP contribution >= 0.6 is 0 Å². The Morgan fingerprint density at radius 3 is 2.28 bits per heavy atom. The summed E-state index contributed by atoms with van der Waals surface area (Å²) in [5.74, 6) is 0.872. The molecule has 2 aromatic rings. The van der Waals surface area contributed by atoms with E-state index in [1.165, 1.54) is 10.5 Å². The van der Waals surface area contributed by atoms with Crippen molar-refractivity contribution in [2.24, 2.45) is 0 Å². The average molecular weight is 392 g/mol. The zero-order chi connectivity index (χ0) is 21.2. The number of benzene rings is 2. The predicted octanol–water partition coefficient (Wildman–Crippen LogP) is 4.73. The van der Waals surface area contributed by atoms with E-state index in [1.807, 2.05) is 43.3 Å². The molecule has 3 rings (SSSR count). The zero-order valence-corrected chi connectivity index (χ0v) is 17.5. The fourth-order valence-electron chi connectivity index (χ4n) is 3.32. The number of amides is 3. The minimum atomic E-state index is -1.10. The summed E-state index contributed by atoms with van der Waals surface area (Å²) >= 11 is 0. The Bertz CT molecular complexity index is 916. The Balaban J connectivity index is 1.75. The van der Waals surface area contributed by atoms with Gasteiger partial charge in [0.1, 0.15) is 17.9 Å². The molecule has 2 aromatic carbocycles. The van der Waals surface area contributed by atoms with Crippen LogP contribution < -0.4 is 10.1 Å². The standard InChI is InChI=1S/C24H28N2O3/c1-16(2)15-29-21-12-10-20(11-13-21)24(5)22(27)26(23(28)25-24)14-18-6-8-19(9-7-18)17(3)4/h6-13,17H,1,14-15H2,2-5H3,(H,25,28). The van der Waals surface area contributed by atoms with Crippen molar-refractivity contribution in [2.45, 2.75) is 45.7 Å². The summed E-state index contributed by atoms with van der Waals surface area (Å²) in [6, 6.07) is 14.9. The molecule has 152 valence electrons. The van der Waals surface area contributed by atoms with Gasteiger partial charge in [0.15, 0.2) is 0 Å². The quantitative estimate of drug-likeness (QED) is 0.547. The molecule has 0 spiro atoms. The summed E-state index contributed by atoms with van der Waals surface area (Å²) in [6.45, 7) is 12.4. The first kappa shape index (κ1) is 20.6. The van der Waals surface area contributed by atoms with Crippen LogP contribution in [0.5, 0.6) is 5.75 Å². The first-order chi connectivity index (χ1) is 13.7. The van der Waals surface area contributed by atoms with Crippen molar-refractivity contribution in [2.75, 3.05) is 6.61 Å². The Labute approximate surface area is 172 Å². The van der Waals surface area contributed by atoms with Gasteiger partial charge in [0.05, 0.1) is 6.54 Å². The molecule has 29 heavy (non-hydrogen) atoms. The second kappa shape index (κ2) is 8.11. The lowest BCUT2D eigenvalue weighted by Crippen LogP contribution is -2.40. The van der Waals surface area contributed by atoms with Crippen LogP contribution in [0.1, 0.15) is 50.3 Å². The van der Waals surface area contributed by atoms with E-state index in [1.54, 1.807) is 19.1 Å². The highest BCUT2D eigenvalue weighted by Crippen LogP contribution is 2.31. The Morgan fingerprint density at radius 1 is 1.10 bits per heavy atom. The molecule has 0 aromatic heterocycles. The number of ether oxygens (including phenoxy) is 1. The fourth-order valence-corrected chi connectivity index (χ4v) is 3.32. The number of nitrogens with one attached hydrogen (secondary N) is 1. The largest absolute Gasteiger partial charge is 0.489 e. The van der Waals surface area contributed by atoms with Crippen molar-refractivity contribution in [3.8, 4) is 5.75 Å². The van der Waals surface area contributed by atoms with Gasteiger partial charge in [-0.2, -0.15) is 0 Å². The highest BCUT2D eigenvalue weighted by molar-refractivity contribution is 6.07. The fraction of sp³-hybridized carbons (Fsp3) is 0.333. The van der Waals surface area contributed by atoms with Gasteiger partial charge in [0, 0.05) is 0 Å². The molecule has 1 aliphatic rings. The van der Waals surface area contributed by atoms with E-state index in [0.717, 1.165) is 16.7 Å². The summed E-state index contributed by atoms with van der Waals surface area (Å²) in [5.41, 5.74) is 2.70. The van der Waals surface area contributed by atoms with Gasteiger partial charge < -0.3 is 10.1 Å². The van der Waals surface area contributed by atoms with Gasteiger partial charge >= 0.3 is 6.03 Å². The molecule has 1 heterocycles. The summed E-state index contributed by atoms with van der Waals surface area (Å²) in [7, 11) is 0. The third-order valence-corrected chi connectivity index (χ3v) is 5.18. The number of rotatable bonds is 7. The van der Waals surface area contributed by atoms with Gasteiger partial charge in [-0.25, -0.2) is 4.79 Å². The van der Waals surface area contributed by atoms with Gasteiger partial charge in [0.25, 0.3) is 5.91 Å². The lowest BCUT2D eigenvalue weighted by atomic mass is 9.92. The van der Waals surface area contributed by atoms with Crippen molar-refractivity contribution < 1.29 is 14.3 Å². The van der Waals surface area contributed by atoms with Crippen LogP contribution in [0.2, 0.25) is 0 Å². The number of nitrogens with zero attached hydrogens (tertiary/aromatic N) is 1. The lowest BCUT2D eigenvalue weighted by molar-refractivity contribution is -0.131. The third-order valence-electron chi connectivity index (χ3n) is 5.18. The number of urea groups is 1. The SMILES string of the molecule is C=C(C)COc1ccc(C2(C)NC(=O)N(Cc3ccc(C(C)C)cc3)C2=O)cc1. The molecular weight excluding hydrogens is 364 g/mol. The van der Waals surface area contributed by atoms with E-state index < -0.39 is 5.54 Å². The Hall–Kier alpha value is -3.08. The number of hydrogen-bond acceptors (Lipinski definition) is 3. The molecule has 1 N–H and O–H groups in total. The van der Waals surface area contributed by atoms with E-state index in [0.29, 0.717) is 18.3 Å². The maximum atomic E-state index is 13.1. The van der Waals surface area contributed by atoms with Crippen LogP contribution in [0.25, 0.3) is 0 Å². The van der Waals surface area contributed by atoms with Crippen LogP contribution in [-0.2, 0) is 16.9 Å². The van der Waals surface area contributed by atoms with Gasteiger partial charge in [-0.1, -0.05) is 56.8 Å². The van der Waals surface area contributed by atoms with E-state index in [4.69, 9.17) is 4.74 Å². The summed E-state index contributed by atoms with van der Waals surface area (Å²) in [4.78, 5) is 26.9. The molecule has 1 unspecified atom stereocenters. The predicted molar refractivity (Wildman–Crippen MR) is 114 cm³/mol. The topological polar surface area (TPSA) is 58.6 Å². The number of carbonyl (C=O) groups excluding carboxylic acids is 2. The molecule has 1 aliphatic heterocycles. The van der Waals surface area contributed by atoms with Crippen molar-refractivity contribution >= 4 is 11.9 Å². The molecule has 0 saturated carbocycles. The van der Waals surface area contributed by atoms with E-state index >= 15 is 0 Å². The second-order valence-electron chi connectivity index (χ2n) is 8.11. The lowest BCUT2D eigenvalue weighted by Gasteiger charge is -2.22. The first-order valence-electron chi connectivity index (χ1n) is 9.81. The molecule has 5 nitrogen and oxygen atoms in total. The normalized spacial score (nSPS) is 18.9. The van der Waals surface area contributed by atoms with Crippen LogP contribution in [0.4, 0.5) is 4.79 Å². The minimum Gasteiger partial charge on any atom is -0.489 e. The smallest absolute Gasteiger partial charge is 0.325 e. The highest BCUT2D eigenvalue weighted by Gasteiger charge is 2.48. The van der Waals surface area contributed by atoms with Crippen LogP contribution in [0.15, 0.2) is 60.7 Å². The van der Waals surface area contributed by atoms with Gasteiger partial charge in [-0.05, 0) is 54.2 Å². The zero-order valence-electron chi connectivity index (χ0n) is 17.5. The van der Waals surface area contributed by atoms with E-state index in [9.17, 15) is 9.59 Å². The number of hydrogen-bond donors (Lipinski definition) is 1. The molecule has 1 fully saturated rings. The van der Waals surface area contributed by atoms with Gasteiger partial charge in [0.2, 0.25) is 0 Å². The summed E-state index contributed by atoms with van der Waals surface area (Å²) < 4.78 is 5.61. The van der Waals surface area contributed by atoms with Crippen molar-refractivity contribution in [3.05, 3.63) is 77.4 Å². The first-order valence-corrected chi connectivity index (χ1v) is 9.81. The molecule has 1 saturated heterocycles. The molecule has 0 bridgehead atoms. The van der Waals surface area contributed by atoms with Crippen LogP contribution in [-0.4, -0.2) is 23.4 Å². The van der Waals surface area contributed by atoms with Crippen molar-refractivity contribution in [1.82, 2.24) is 10.2 Å². The van der Waals surface area contributed by atoms with Gasteiger partial charge in [-0.15, -0.1) is 0 Å². The number of carbonyl (C=O) groups is 2. The maximum Gasteiger partial charge on any atom is 0.325 e. The van der Waals surface area contributed by atoms with E-state index in [-0.39, 0.29) is 18.5 Å². The molecule has 5 heteroatoms. The summed E-state index contributed by atoms with van der Waals surface area (Å²) in [5, 5.41) is 2.85. The average Bonchev–Trinajstić information content (AvgIpc) is 2.91. The van der Waals surface area contributed by atoms with Crippen LogP contribution in [0, 0.1) is 0 Å². The van der Waals surface area contributed by atoms with Crippen molar-refractivity contribution in [3.63, 3.8) is 0 Å². The van der Waals surface area contributed by atoms with E-state index in [2.05, 4.69) is 25.7 Å². The second-order valence-corrected chi connectivity index (χ2v) is 8.11. The van der Waals surface area contributed by atoms with Gasteiger partial charge in [-0.3, -0.25) is 9.69 Å². The van der Waals surface area contributed by atoms with Crippen LogP contribution in [0.3, 0.4) is 0 Å². The number of imide groups is 1. The monoisotopic (exact) mass is 392 g/mol. The molecule has 0 radical (unpaired) electrons. The maximum absolute atomic E-state index is 13.1. The molecule has 0 aliphatic carbocycles. The summed E-state index contributed by atoms with van der Waals surface area (Å²) in [6.07, 6.45) is 0. The Kier molecular flexibility index (Phi) is 5.78. The Morgan fingerprint density at radius 2 is 1.72 bits per heavy atom. The van der Waals surface area contributed by atoms with Crippen molar-refractivity contribution in [1.29, 1.82) is 0 Å². The molecule has 1 atom stereocenters.